The number of hydrogen-bond donors (Lipinski definition) is 12. The summed E-state index contributed by atoms with van der Waals surface area (Å²) in [6.45, 7) is 1.60. The van der Waals surface area contributed by atoms with E-state index in [1.807, 2.05) is 6.08 Å². The molecular weight excluding hydrogens is 1130 g/mol. The standard InChI is InChI=1S/C69H121NO18/c1-3-5-7-9-11-13-15-17-18-19-20-21-22-23-24-25-26-27-28-29-30-31-32-33-34-35-37-39-41-43-45-47-57(75)70-52(53(74)46-44-42-40-38-36-16-14-12-10-8-6-4-2)51-83-67-63(81)60(78)65(55(49-72)85-67)88-69-64(82)61(79)66(56(50-73)86-69)87-68-62(80)59(77)58(76)54(48-71)84-68/h5,7,11,13,17-18,20-21,23-24,44,46,52-56,58-69,71-74,76-82H,3-4,6,8-10,12,14-16,19,22,25-43,45,47-51H2,1-2H3,(H,70,75)/b7-5-,13-11-,18-17-,21-20-,24-23-,46-44+. The van der Waals surface area contributed by atoms with Crippen molar-refractivity contribution in [2.75, 3.05) is 26.4 Å². The summed E-state index contributed by atoms with van der Waals surface area (Å²) in [4.78, 5) is 13.4. The van der Waals surface area contributed by atoms with Gasteiger partial charge in [-0.05, 0) is 64.2 Å². The number of nitrogens with one attached hydrogen (secondary N) is 1. The van der Waals surface area contributed by atoms with E-state index in [-0.39, 0.29) is 18.9 Å². The van der Waals surface area contributed by atoms with Crippen molar-refractivity contribution < 1.29 is 89.4 Å². The lowest BCUT2D eigenvalue weighted by atomic mass is 9.96. The topological polar surface area (TPSA) is 307 Å². The second-order valence-electron chi connectivity index (χ2n) is 24.3. The fourth-order valence-electron chi connectivity index (χ4n) is 11.2. The fourth-order valence-corrected chi connectivity index (χ4v) is 11.2. The zero-order chi connectivity index (χ0) is 64.0. The Labute approximate surface area is 528 Å². The van der Waals surface area contributed by atoms with Crippen molar-refractivity contribution in [3.8, 4) is 0 Å². The molecule has 0 bridgehead atoms. The van der Waals surface area contributed by atoms with Gasteiger partial charge in [-0.3, -0.25) is 4.79 Å². The molecule has 0 aromatic heterocycles. The number of unbranched alkanes of at least 4 members (excludes halogenated alkanes) is 25. The Hall–Kier alpha value is -2.77. The lowest BCUT2D eigenvalue weighted by Crippen LogP contribution is -2.66. The van der Waals surface area contributed by atoms with Crippen LogP contribution in [-0.4, -0.2) is 193 Å². The van der Waals surface area contributed by atoms with Gasteiger partial charge in [0.05, 0.1) is 38.6 Å². The van der Waals surface area contributed by atoms with Crippen LogP contribution in [0.15, 0.2) is 72.9 Å². The summed E-state index contributed by atoms with van der Waals surface area (Å²) in [7, 11) is 0. The number of ether oxygens (including phenoxy) is 6. The van der Waals surface area contributed by atoms with Crippen molar-refractivity contribution in [2.45, 2.75) is 330 Å². The van der Waals surface area contributed by atoms with Gasteiger partial charge in [-0.25, -0.2) is 0 Å². The van der Waals surface area contributed by atoms with E-state index in [0.29, 0.717) is 6.42 Å². The molecule has 3 heterocycles. The van der Waals surface area contributed by atoms with E-state index in [9.17, 15) is 61.0 Å². The number of carbonyl (C=O) groups is 1. The first-order valence-electron chi connectivity index (χ1n) is 34.2. The first kappa shape index (κ1) is 79.5. The summed E-state index contributed by atoms with van der Waals surface area (Å²) in [5.74, 6) is -0.279. The van der Waals surface area contributed by atoms with Gasteiger partial charge in [-0.1, -0.05) is 228 Å². The molecule has 1 amide bonds. The van der Waals surface area contributed by atoms with Crippen LogP contribution < -0.4 is 5.32 Å². The molecule has 88 heavy (non-hydrogen) atoms. The van der Waals surface area contributed by atoms with Gasteiger partial charge in [0, 0.05) is 6.42 Å². The second-order valence-corrected chi connectivity index (χ2v) is 24.3. The molecule has 0 radical (unpaired) electrons. The third-order valence-corrected chi connectivity index (χ3v) is 16.8. The van der Waals surface area contributed by atoms with Gasteiger partial charge in [0.25, 0.3) is 0 Å². The second kappa shape index (κ2) is 50.7. The van der Waals surface area contributed by atoms with Crippen molar-refractivity contribution in [3.05, 3.63) is 72.9 Å². The summed E-state index contributed by atoms with van der Waals surface area (Å²) in [5.41, 5.74) is 0. The molecule has 0 saturated carbocycles. The lowest BCUT2D eigenvalue weighted by molar-refractivity contribution is -0.379. The lowest BCUT2D eigenvalue weighted by Gasteiger charge is -2.48. The van der Waals surface area contributed by atoms with Gasteiger partial charge in [0.15, 0.2) is 18.9 Å². The Morgan fingerprint density at radius 1 is 0.420 bits per heavy atom. The van der Waals surface area contributed by atoms with Crippen LogP contribution in [-0.2, 0) is 33.2 Å². The molecule has 17 unspecified atom stereocenters. The predicted molar refractivity (Wildman–Crippen MR) is 341 cm³/mol. The molecule has 3 saturated heterocycles. The van der Waals surface area contributed by atoms with Crippen LogP contribution in [0.5, 0.6) is 0 Å². The first-order chi connectivity index (χ1) is 42.8. The maximum absolute atomic E-state index is 13.4. The SMILES string of the molecule is CC/C=C\C/C=C\C/C=C\C/C=C\C/C=C\CCCCCCCCCCCCCCCCCC(=O)NC(COC1OC(CO)C(OC2OC(CO)C(OC3OC(CO)C(O)C(O)C3O)C(O)C2O)C(O)C1O)C(O)/C=C/CCCCCCCCCCCC. The van der Waals surface area contributed by atoms with E-state index in [2.05, 4.69) is 79.9 Å². The Morgan fingerprint density at radius 2 is 0.784 bits per heavy atom. The maximum atomic E-state index is 13.4. The highest BCUT2D eigenvalue weighted by Gasteiger charge is 2.53. The third-order valence-electron chi connectivity index (χ3n) is 16.8. The van der Waals surface area contributed by atoms with Crippen molar-refractivity contribution in [1.29, 1.82) is 0 Å². The normalized spacial score (nSPS) is 28.9. The fraction of sp³-hybridized carbons (Fsp3) is 0.812. The van der Waals surface area contributed by atoms with Gasteiger partial charge in [-0.2, -0.15) is 0 Å². The largest absolute Gasteiger partial charge is 0.394 e. The molecule has 12 N–H and O–H groups in total. The third kappa shape index (κ3) is 32.7. The average Bonchev–Trinajstić information content (AvgIpc) is 1.54. The number of allylic oxidation sites excluding steroid dienone is 11. The van der Waals surface area contributed by atoms with Crippen molar-refractivity contribution in [2.24, 2.45) is 0 Å². The van der Waals surface area contributed by atoms with Crippen LogP contribution >= 0.6 is 0 Å². The molecule has 17 atom stereocenters. The van der Waals surface area contributed by atoms with Crippen LogP contribution in [0.3, 0.4) is 0 Å². The Bertz CT molecular complexity index is 1880. The molecule has 19 nitrogen and oxygen atoms in total. The smallest absolute Gasteiger partial charge is 0.220 e. The van der Waals surface area contributed by atoms with E-state index < -0.39 is 124 Å². The van der Waals surface area contributed by atoms with E-state index in [4.69, 9.17) is 28.4 Å². The average molecular weight is 1250 g/mol. The zero-order valence-electron chi connectivity index (χ0n) is 53.7. The highest BCUT2D eigenvalue weighted by molar-refractivity contribution is 5.76. The van der Waals surface area contributed by atoms with Gasteiger partial charge >= 0.3 is 0 Å². The number of amides is 1. The number of hydrogen-bond acceptors (Lipinski definition) is 18. The molecular formula is C69H121NO18. The maximum Gasteiger partial charge on any atom is 0.220 e. The van der Waals surface area contributed by atoms with E-state index in [1.165, 1.54) is 122 Å². The molecule has 19 heteroatoms. The van der Waals surface area contributed by atoms with Gasteiger partial charge < -0.3 is 89.9 Å². The van der Waals surface area contributed by atoms with Crippen molar-refractivity contribution >= 4 is 5.91 Å². The summed E-state index contributed by atoms with van der Waals surface area (Å²) in [6.07, 6.45) is 36.1. The molecule has 0 aromatic rings. The Kier molecular flexibility index (Phi) is 45.8. The monoisotopic (exact) mass is 1250 g/mol. The van der Waals surface area contributed by atoms with Gasteiger partial charge in [0.1, 0.15) is 73.2 Å². The van der Waals surface area contributed by atoms with Gasteiger partial charge in [-0.15, -0.1) is 0 Å². The Morgan fingerprint density at radius 3 is 1.23 bits per heavy atom. The van der Waals surface area contributed by atoms with Crippen LogP contribution in [0.1, 0.15) is 226 Å². The zero-order valence-corrected chi connectivity index (χ0v) is 53.7. The van der Waals surface area contributed by atoms with E-state index in [1.54, 1.807) is 6.08 Å². The van der Waals surface area contributed by atoms with E-state index >= 15 is 0 Å². The Balaban J connectivity index is 1.37. The first-order valence-corrected chi connectivity index (χ1v) is 34.2. The number of aliphatic hydroxyl groups is 11. The molecule has 0 aromatic carbocycles. The van der Waals surface area contributed by atoms with Crippen molar-refractivity contribution in [1.82, 2.24) is 5.32 Å². The predicted octanol–water partition coefficient (Wildman–Crippen LogP) is 8.55. The van der Waals surface area contributed by atoms with Crippen LogP contribution in [0.25, 0.3) is 0 Å². The molecule has 3 rings (SSSR count). The van der Waals surface area contributed by atoms with Crippen LogP contribution in [0, 0.1) is 0 Å². The molecule has 510 valence electrons. The minimum absolute atomic E-state index is 0.240. The number of aliphatic hydroxyl groups excluding tert-OH is 11. The quantitative estimate of drug-likeness (QED) is 0.0200. The van der Waals surface area contributed by atoms with Crippen LogP contribution in [0.4, 0.5) is 0 Å². The summed E-state index contributed by atoms with van der Waals surface area (Å²) >= 11 is 0. The molecule has 3 aliphatic rings. The minimum atomic E-state index is -1.98. The highest BCUT2D eigenvalue weighted by atomic mass is 16.8. The number of carbonyl (C=O) groups excluding carboxylic acids is 1. The minimum Gasteiger partial charge on any atom is -0.394 e. The number of rotatable bonds is 51. The molecule has 3 aliphatic heterocycles. The summed E-state index contributed by atoms with van der Waals surface area (Å²) < 4.78 is 34.3. The highest BCUT2D eigenvalue weighted by Crippen LogP contribution is 2.33. The van der Waals surface area contributed by atoms with E-state index in [0.717, 1.165) is 77.0 Å². The molecule has 3 fully saturated rings. The van der Waals surface area contributed by atoms with Crippen LogP contribution in [0.2, 0.25) is 0 Å². The summed E-state index contributed by atoms with van der Waals surface area (Å²) in [6, 6.07) is -0.975. The molecule has 0 aliphatic carbocycles. The molecule has 0 spiro atoms. The van der Waals surface area contributed by atoms with Crippen molar-refractivity contribution in [3.63, 3.8) is 0 Å². The van der Waals surface area contributed by atoms with Gasteiger partial charge in [0.2, 0.25) is 5.91 Å². The summed E-state index contributed by atoms with van der Waals surface area (Å²) in [5, 5.41) is 120.